The third-order valence-electron chi connectivity index (χ3n) is 16.0. The van der Waals surface area contributed by atoms with E-state index in [2.05, 4.69) is 48.7 Å². The van der Waals surface area contributed by atoms with E-state index in [1.165, 1.54) is 46.1 Å². The van der Waals surface area contributed by atoms with Crippen molar-refractivity contribution in [3.05, 3.63) is 89.1 Å². The summed E-state index contributed by atoms with van der Waals surface area (Å²) in [6, 6.07) is 4.77. The number of aliphatic hydroxyl groups excluding tert-OH is 1. The van der Waals surface area contributed by atoms with Crippen molar-refractivity contribution >= 4 is 41.7 Å². The number of Topliss-reactive ketones (excluding diaryl/α,β-unsaturated/α-hetero) is 1. The van der Waals surface area contributed by atoms with Crippen LogP contribution in [0.4, 0.5) is 4.79 Å². The van der Waals surface area contributed by atoms with Gasteiger partial charge >= 0.3 is 35.9 Å². The number of unbranched alkanes of at least 4 members (excludes halogenated alkanes) is 5. The number of carbonyl (C=O) groups is 7. The molecule has 2 bridgehead atoms. The van der Waals surface area contributed by atoms with Crippen molar-refractivity contribution in [2.75, 3.05) is 13.7 Å². The van der Waals surface area contributed by atoms with Gasteiger partial charge in [0.05, 0.1) is 37.2 Å². The number of ether oxygens (including phenoxy) is 8. The molecule has 5 rings (SSSR count). The van der Waals surface area contributed by atoms with Crippen LogP contribution in [0.1, 0.15) is 177 Å². The molecule has 0 spiro atoms. The maximum absolute atomic E-state index is 15.9. The largest absolute Gasteiger partial charge is 0.496 e. The first-order valence-corrected chi connectivity index (χ1v) is 28.6. The summed E-state index contributed by atoms with van der Waals surface area (Å²) in [5.74, 6) is -7.03. The first kappa shape index (κ1) is 65.7. The maximum Gasteiger partial charge on any atom is 0.408 e. The van der Waals surface area contributed by atoms with Gasteiger partial charge in [-0.05, 0) is 110 Å². The van der Waals surface area contributed by atoms with Crippen molar-refractivity contribution in [3.63, 3.8) is 0 Å². The number of allylic oxidation sites excluding steroid dienone is 7. The molecule has 18 nitrogen and oxygen atoms in total. The Morgan fingerprint density at radius 1 is 0.864 bits per heavy atom. The monoisotopic (exact) mass is 1130 g/mol. The lowest BCUT2D eigenvalue weighted by Crippen LogP contribution is -2.82. The van der Waals surface area contributed by atoms with Gasteiger partial charge in [0.2, 0.25) is 6.10 Å². The van der Waals surface area contributed by atoms with E-state index < -0.39 is 124 Å². The Bertz CT molecular complexity index is 2580. The summed E-state index contributed by atoms with van der Waals surface area (Å²) in [4.78, 5) is 100. The molecule has 18 heteroatoms. The number of nitrogens with one attached hydrogen (secondary N) is 1. The van der Waals surface area contributed by atoms with E-state index in [1.807, 2.05) is 0 Å². The van der Waals surface area contributed by atoms with Crippen LogP contribution >= 0.6 is 0 Å². The van der Waals surface area contributed by atoms with Crippen molar-refractivity contribution in [1.82, 2.24) is 5.32 Å². The predicted molar refractivity (Wildman–Crippen MR) is 301 cm³/mol. The number of alkyl carbamates (subject to hydrolysis) is 1. The smallest absolute Gasteiger partial charge is 0.408 e. The van der Waals surface area contributed by atoms with Crippen molar-refractivity contribution in [2.24, 2.45) is 16.7 Å². The Hall–Kier alpha value is -6.11. The van der Waals surface area contributed by atoms with Crippen LogP contribution in [0.2, 0.25) is 0 Å². The Morgan fingerprint density at radius 3 is 2.10 bits per heavy atom. The van der Waals surface area contributed by atoms with E-state index in [9.17, 15) is 34.2 Å². The number of methoxy groups -OCH3 is 1. The maximum atomic E-state index is 15.9. The van der Waals surface area contributed by atoms with Gasteiger partial charge in [0.15, 0.2) is 17.5 Å². The summed E-state index contributed by atoms with van der Waals surface area (Å²) >= 11 is 0. The first-order chi connectivity index (χ1) is 38.1. The number of rotatable bonds is 25. The number of aliphatic hydroxyl groups is 2. The highest BCUT2D eigenvalue weighted by molar-refractivity contribution is 5.96. The summed E-state index contributed by atoms with van der Waals surface area (Å²) in [5, 5.41) is 29.1. The summed E-state index contributed by atoms with van der Waals surface area (Å²) in [7, 11) is 1.35. The number of benzene rings is 1. The normalized spacial score (nSPS) is 27.6. The number of carbonyl (C=O) groups excluding carboxylic acids is 7. The zero-order valence-electron chi connectivity index (χ0n) is 49.9. The molecule has 1 saturated heterocycles. The highest BCUT2D eigenvalue weighted by Gasteiger charge is 2.78. The Kier molecular flexibility index (Phi) is 22.9. The molecule has 3 N–H and O–H groups in total. The van der Waals surface area contributed by atoms with E-state index in [0.29, 0.717) is 18.4 Å². The zero-order chi connectivity index (χ0) is 60.1. The SMILES string of the molecule is CCC/C=C\C/C=C\C/C=C\CCCCCCC(=O)O[C@@H](C(=O)O[C@H]1C[C@@]2(O)[C@@H](OC(=O)c3ccccc3OC)C3[C@](C)(C(=O)[C@H](OC(=O)CC)C(=C1C)C2(C)C)[C@@H](O)C[C@H]1OC[C@@]31OC(C)=O)[C@H](C=C(C)C)NC(=O)OC(C)(C)C. The number of amides is 1. The summed E-state index contributed by atoms with van der Waals surface area (Å²) in [5.41, 5.74) is -8.53. The molecule has 0 aromatic heterocycles. The van der Waals surface area contributed by atoms with Crippen LogP contribution in [0.25, 0.3) is 0 Å². The van der Waals surface area contributed by atoms with Crippen LogP contribution in [0, 0.1) is 16.7 Å². The molecule has 0 radical (unpaired) electrons. The molecule has 448 valence electrons. The lowest BCUT2D eigenvalue weighted by molar-refractivity contribution is -0.346. The van der Waals surface area contributed by atoms with Gasteiger partial charge in [-0.3, -0.25) is 19.2 Å². The lowest BCUT2D eigenvalue weighted by atomic mass is 9.44. The standard InChI is InChI=1S/C63H89NO17/c1-14-16-17-18-19-20-21-22-23-24-25-26-27-28-29-34-49(68)78-51(43(35-39(3)4)64-58(72)81-59(7,8)9)57(71)76-45-37-63(73)55(79-56(70)42-32-30-31-33-44(42)74-13)53-61(12,46(66)36-47-62(53,38-75-47)80-41(6)65)54(69)52(77-48(67)15-2)50(40(45)5)60(63,10)11/h17-18,20-21,23-24,30-33,35,43,45-47,51-53,55,66,73H,14-16,19,22,25-29,34,36-38H2,1-13H3,(H,64,72)/b18-17-,21-20-,24-23-/t43-,45-,46-,47+,51+,52+,53?,55-,61+,62-,63+/m0/s1. The zero-order valence-corrected chi connectivity index (χ0v) is 49.9. The van der Waals surface area contributed by atoms with E-state index in [1.54, 1.807) is 60.6 Å². The summed E-state index contributed by atoms with van der Waals surface area (Å²) in [6.45, 7) is 18.9. The molecule has 1 heterocycles. The minimum absolute atomic E-state index is 0.0287. The van der Waals surface area contributed by atoms with E-state index in [4.69, 9.17) is 37.9 Å². The predicted octanol–water partition coefficient (Wildman–Crippen LogP) is 9.96. The molecule has 1 unspecified atom stereocenters. The minimum atomic E-state index is -2.49. The number of fused-ring (bicyclic) bond motifs is 5. The van der Waals surface area contributed by atoms with Crippen LogP contribution < -0.4 is 10.1 Å². The quantitative estimate of drug-likeness (QED) is 0.0357. The van der Waals surface area contributed by atoms with Crippen LogP contribution in [-0.4, -0.2) is 125 Å². The van der Waals surface area contributed by atoms with Crippen LogP contribution in [0.3, 0.4) is 0 Å². The molecule has 1 aromatic carbocycles. The van der Waals surface area contributed by atoms with Crippen molar-refractivity contribution in [1.29, 1.82) is 0 Å². The molecular formula is C63H89NO17. The van der Waals surface area contributed by atoms with Crippen molar-refractivity contribution in [3.8, 4) is 5.75 Å². The highest BCUT2D eigenvalue weighted by Crippen LogP contribution is 2.64. The summed E-state index contributed by atoms with van der Waals surface area (Å²) in [6.07, 6.45) is 10.1. The molecule has 2 saturated carbocycles. The number of para-hydroxylation sites is 1. The van der Waals surface area contributed by atoms with Gasteiger partial charge in [0.25, 0.3) is 0 Å². The van der Waals surface area contributed by atoms with Gasteiger partial charge < -0.3 is 53.4 Å². The number of esters is 5. The Labute approximate surface area is 478 Å². The second kappa shape index (κ2) is 28.2. The molecule has 3 aliphatic carbocycles. The van der Waals surface area contributed by atoms with E-state index in [0.717, 1.165) is 51.9 Å². The van der Waals surface area contributed by atoms with Crippen LogP contribution in [-0.2, 0) is 57.1 Å². The Morgan fingerprint density at radius 2 is 1.51 bits per heavy atom. The molecule has 11 atom stereocenters. The van der Waals surface area contributed by atoms with E-state index in [-0.39, 0.29) is 48.3 Å². The van der Waals surface area contributed by atoms with Crippen LogP contribution in [0.5, 0.6) is 5.75 Å². The molecule has 1 aromatic rings. The van der Waals surface area contributed by atoms with Gasteiger partial charge in [-0.2, -0.15) is 0 Å². The fourth-order valence-corrected chi connectivity index (χ4v) is 11.8. The van der Waals surface area contributed by atoms with Gasteiger partial charge in [-0.1, -0.05) is 107 Å². The average molecular weight is 1130 g/mol. The minimum Gasteiger partial charge on any atom is -0.496 e. The molecule has 3 fully saturated rings. The number of hydrogen-bond acceptors (Lipinski definition) is 17. The molecule has 1 aliphatic heterocycles. The first-order valence-electron chi connectivity index (χ1n) is 28.6. The lowest BCUT2D eigenvalue weighted by Gasteiger charge is -2.67. The molecule has 81 heavy (non-hydrogen) atoms. The van der Waals surface area contributed by atoms with Crippen molar-refractivity contribution in [2.45, 2.75) is 226 Å². The van der Waals surface area contributed by atoms with Gasteiger partial charge in [-0.15, -0.1) is 0 Å². The summed E-state index contributed by atoms with van der Waals surface area (Å²) < 4.78 is 48.4. The van der Waals surface area contributed by atoms with E-state index >= 15 is 9.59 Å². The molecule has 4 aliphatic rings. The highest BCUT2D eigenvalue weighted by atomic mass is 16.6. The second-order valence-electron chi connectivity index (χ2n) is 23.7. The van der Waals surface area contributed by atoms with Gasteiger partial charge in [-0.25, -0.2) is 14.4 Å². The third-order valence-corrected chi connectivity index (χ3v) is 16.0. The molecule has 1 amide bonds. The third kappa shape index (κ3) is 15.3. The van der Waals surface area contributed by atoms with Crippen molar-refractivity contribution < 1.29 is 81.7 Å². The molecular weight excluding hydrogens is 1040 g/mol. The number of hydrogen-bond donors (Lipinski definition) is 3. The average Bonchev–Trinajstić information content (AvgIpc) is 3.58. The fourth-order valence-electron chi connectivity index (χ4n) is 11.8. The van der Waals surface area contributed by atoms with Crippen LogP contribution in [0.15, 0.2) is 83.5 Å². The Balaban J connectivity index is 1.58. The topological polar surface area (TPSA) is 246 Å². The fraction of sp³-hybridized carbons (Fsp3) is 0.635. The number of ketones is 1. The second-order valence-corrected chi connectivity index (χ2v) is 23.7. The van der Waals surface area contributed by atoms with Gasteiger partial charge in [0, 0.05) is 38.0 Å². The van der Waals surface area contributed by atoms with Gasteiger partial charge in [0.1, 0.15) is 40.8 Å².